The summed E-state index contributed by atoms with van der Waals surface area (Å²) >= 11 is 1.32. The van der Waals surface area contributed by atoms with Crippen molar-refractivity contribution in [3.05, 3.63) is 150 Å². The van der Waals surface area contributed by atoms with Crippen LogP contribution in [0.5, 0.6) is 17.2 Å². The Balaban J connectivity index is 1.39. The van der Waals surface area contributed by atoms with E-state index in [2.05, 4.69) is 16.0 Å². The summed E-state index contributed by atoms with van der Waals surface area (Å²) in [7, 11) is 4.64. The maximum Gasteiger partial charge on any atom is 0.272 e. The van der Waals surface area contributed by atoms with Crippen LogP contribution in [0.1, 0.15) is 26.7 Å². The Morgan fingerprint density at radius 1 is 0.673 bits per heavy atom. The van der Waals surface area contributed by atoms with Gasteiger partial charge in [0.05, 0.1) is 27.0 Å². The fourth-order valence-corrected chi connectivity index (χ4v) is 5.92. The Morgan fingerprint density at radius 2 is 1.37 bits per heavy atom. The minimum atomic E-state index is -0.656. The molecule has 5 rings (SSSR count). The molecule has 0 bridgehead atoms. The number of rotatable bonds is 13. The second-order valence-corrected chi connectivity index (χ2v) is 11.8. The molecule has 0 saturated heterocycles. The Bertz CT molecular complexity index is 1950. The van der Waals surface area contributed by atoms with Gasteiger partial charge in [-0.05, 0) is 71.8 Å². The van der Waals surface area contributed by atoms with Gasteiger partial charge in [0.15, 0.2) is 0 Å². The second kappa shape index (κ2) is 16.7. The zero-order valence-corrected chi connectivity index (χ0v) is 28.0. The van der Waals surface area contributed by atoms with Crippen LogP contribution in [0.4, 0.5) is 11.4 Å². The highest BCUT2D eigenvalue weighted by atomic mass is 32.2. The number of hydrogen-bond donors (Lipinski definition) is 3. The average Bonchev–Trinajstić information content (AvgIpc) is 3.14. The number of carbonyl (C=O) groups is 3. The van der Waals surface area contributed by atoms with Gasteiger partial charge in [0.25, 0.3) is 11.8 Å². The minimum Gasteiger partial charge on any atom is -0.497 e. The number of methoxy groups -OCH3 is 3. The highest BCUT2D eigenvalue weighted by Crippen LogP contribution is 2.38. The maximum absolute atomic E-state index is 13.8. The lowest BCUT2D eigenvalue weighted by Gasteiger charge is -2.19. The molecule has 9 nitrogen and oxygen atoms in total. The Labute approximate surface area is 289 Å². The van der Waals surface area contributed by atoms with Gasteiger partial charge in [0.2, 0.25) is 5.91 Å². The van der Waals surface area contributed by atoms with Crippen LogP contribution in [-0.2, 0) is 9.59 Å². The normalized spacial score (nSPS) is 11.5. The topological polar surface area (TPSA) is 115 Å². The zero-order chi connectivity index (χ0) is 34.6. The lowest BCUT2D eigenvalue weighted by molar-refractivity contribution is -0.116. The first-order valence-corrected chi connectivity index (χ1v) is 16.1. The molecule has 0 fully saturated rings. The maximum atomic E-state index is 13.8. The molecule has 10 heteroatoms. The number of benzene rings is 5. The first kappa shape index (κ1) is 34.3. The quantitative estimate of drug-likeness (QED) is 0.0872. The molecule has 0 aromatic heterocycles. The molecular weight excluding hydrogens is 639 g/mol. The molecule has 1 atom stereocenters. The number of nitrogens with one attached hydrogen (secondary N) is 3. The summed E-state index contributed by atoms with van der Waals surface area (Å²) in [5.74, 6) is 0.435. The van der Waals surface area contributed by atoms with Crippen molar-refractivity contribution < 1.29 is 28.6 Å². The molecule has 3 amide bonds. The van der Waals surface area contributed by atoms with Crippen molar-refractivity contribution in [1.82, 2.24) is 5.32 Å². The summed E-state index contributed by atoms with van der Waals surface area (Å²) < 4.78 is 16.1. The van der Waals surface area contributed by atoms with Crippen molar-refractivity contribution in [2.24, 2.45) is 0 Å². The van der Waals surface area contributed by atoms with E-state index in [0.717, 1.165) is 10.5 Å². The van der Waals surface area contributed by atoms with Crippen LogP contribution in [0.15, 0.2) is 138 Å². The van der Waals surface area contributed by atoms with E-state index in [9.17, 15) is 14.4 Å². The zero-order valence-electron chi connectivity index (χ0n) is 27.1. The van der Waals surface area contributed by atoms with Crippen LogP contribution < -0.4 is 30.2 Å². The molecule has 0 spiro atoms. The molecule has 0 radical (unpaired) electrons. The van der Waals surface area contributed by atoms with Crippen LogP contribution in [0.3, 0.4) is 0 Å². The van der Waals surface area contributed by atoms with Crippen molar-refractivity contribution in [2.45, 2.75) is 10.1 Å². The van der Waals surface area contributed by atoms with Crippen LogP contribution in [0, 0.1) is 0 Å². The molecule has 5 aromatic rings. The highest BCUT2D eigenvalue weighted by Gasteiger charge is 2.24. The lowest BCUT2D eigenvalue weighted by atomic mass is 10.1. The number of anilines is 2. The first-order valence-electron chi connectivity index (χ1n) is 15.2. The molecule has 1 unspecified atom stereocenters. The van der Waals surface area contributed by atoms with Crippen molar-refractivity contribution in [3.8, 4) is 17.2 Å². The minimum absolute atomic E-state index is 0.0361. The number of amides is 3. The van der Waals surface area contributed by atoms with Crippen molar-refractivity contribution in [1.29, 1.82) is 0 Å². The molecule has 3 N–H and O–H groups in total. The van der Waals surface area contributed by atoms with Crippen molar-refractivity contribution in [3.63, 3.8) is 0 Å². The van der Waals surface area contributed by atoms with Crippen LogP contribution in [-0.4, -0.2) is 39.1 Å². The van der Waals surface area contributed by atoms with E-state index in [1.54, 1.807) is 105 Å². The van der Waals surface area contributed by atoms with E-state index < -0.39 is 17.1 Å². The van der Waals surface area contributed by atoms with Gasteiger partial charge in [0, 0.05) is 22.2 Å². The molecular formula is C39H35N3O6S. The SMILES string of the molecule is COc1cccc(/C=C(\NC(=O)c2ccccc2)C(=O)Nc2cccc(SC(C(=O)Nc3cc(OC)ccc3OC)c3ccccc3)c2)c1. The van der Waals surface area contributed by atoms with Crippen LogP contribution in [0.25, 0.3) is 6.08 Å². The second-order valence-electron chi connectivity index (χ2n) is 10.6. The van der Waals surface area contributed by atoms with E-state index in [-0.39, 0.29) is 11.6 Å². The number of hydrogen-bond acceptors (Lipinski definition) is 7. The third-order valence-electron chi connectivity index (χ3n) is 7.28. The molecule has 0 saturated carbocycles. The number of ether oxygens (including phenoxy) is 3. The molecule has 0 heterocycles. The molecule has 5 aromatic carbocycles. The van der Waals surface area contributed by atoms with Crippen LogP contribution in [0.2, 0.25) is 0 Å². The van der Waals surface area contributed by atoms with Crippen molar-refractivity contribution >= 4 is 46.9 Å². The number of thioether (sulfide) groups is 1. The fraction of sp³-hybridized carbons (Fsp3) is 0.103. The van der Waals surface area contributed by atoms with Gasteiger partial charge in [-0.3, -0.25) is 14.4 Å². The van der Waals surface area contributed by atoms with E-state index >= 15 is 0 Å². The number of carbonyl (C=O) groups excluding carboxylic acids is 3. The van der Waals surface area contributed by atoms with Gasteiger partial charge in [-0.15, -0.1) is 11.8 Å². The highest BCUT2D eigenvalue weighted by molar-refractivity contribution is 8.00. The standard InChI is InChI=1S/C39H35N3O6S/c1-46-30-18-10-12-26(22-30)23-34(42-37(43)28-15-8-5-9-16-28)38(44)40-29-17-11-19-32(24-29)49-36(27-13-6-4-7-14-27)39(45)41-33-25-31(47-2)20-21-35(33)48-3/h4-25,36H,1-3H3,(H,40,44)(H,41,45)(H,42,43)/b34-23-. The van der Waals surface area contributed by atoms with E-state index in [1.807, 2.05) is 42.5 Å². The third kappa shape index (κ3) is 9.30. The summed E-state index contributed by atoms with van der Waals surface area (Å²) in [5, 5.41) is 7.99. The van der Waals surface area contributed by atoms with Gasteiger partial charge in [0.1, 0.15) is 28.2 Å². The molecule has 0 aliphatic carbocycles. The van der Waals surface area contributed by atoms with Gasteiger partial charge in [-0.1, -0.05) is 66.7 Å². The smallest absolute Gasteiger partial charge is 0.272 e. The van der Waals surface area contributed by atoms with Gasteiger partial charge < -0.3 is 30.2 Å². The summed E-state index contributed by atoms with van der Waals surface area (Å²) in [4.78, 5) is 41.3. The summed E-state index contributed by atoms with van der Waals surface area (Å²) in [5.41, 5.74) is 2.83. The van der Waals surface area contributed by atoms with Crippen molar-refractivity contribution in [2.75, 3.05) is 32.0 Å². The van der Waals surface area contributed by atoms with E-state index in [0.29, 0.717) is 39.8 Å². The lowest BCUT2D eigenvalue weighted by Crippen LogP contribution is -2.30. The van der Waals surface area contributed by atoms with Crippen LogP contribution >= 0.6 is 11.8 Å². The molecule has 248 valence electrons. The van der Waals surface area contributed by atoms with E-state index in [1.165, 1.54) is 18.9 Å². The Hall–Kier alpha value is -6.00. The summed E-state index contributed by atoms with van der Waals surface area (Å²) in [6.07, 6.45) is 1.58. The monoisotopic (exact) mass is 673 g/mol. The third-order valence-corrected chi connectivity index (χ3v) is 8.53. The largest absolute Gasteiger partial charge is 0.497 e. The predicted molar refractivity (Wildman–Crippen MR) is 193 cm³/mol. The van der Waals surface area contributed by atoms with Gasteiger partial charge >= 0.3 is 0 Å². The summed E-state index contributed by atoms with van der Waals surface area (Å²) in [6, 6.07) is 37.5. The van der Waals surface area contributed by atoms with Gasteiger partial charge in [-0.25, -0.2) is 0 Å². The molecule has 49 heavy (non-hydrogen) atoms. The fourth-order valence-electron chi connectivity index (χ4n) is 4.83. The first-order chi connectivity index (χ1) is 23.9. The molecule has 0 aliphatic heterocycles. The Morgan fingerprint density at radius 3 is 2.08 bits per heavy atom. The Kier molecular flexibility index (Phi) is 11.7. The van der Waals surface area contributed by atoms with E-state index in [4.69, 9.17) is 14.2 Å². The summed E-state index contributed by atoms with van der Waals surface area (Å²) in [6.45, 7) is 0. The molecule has 0 aliphatic rings. The average molecular weight is 674 g/mol. The van der Waals surface area contributed by atoms with Gasteiger partial charge in [-0.2, -0.15) is 0 Å². The predicted octanol–water partition coefficient (Wildman–Crippen LogP) is 7.59.